The summed E-state index contributed by atoms with van der Waals surface area (Å²) in [5.41, 5.74) is 0.938. The zero-order chi connectivity index (χ0) is 19.4. The van der Waals surface area contributed by atoms with E-state index in [9.17, 15) is 13.6 Å². The van der Waals surface area contributed by atoms with Crippen molar-refractivity contribution in [3.63, 3.8) is 0 Å². The van der Waals surface area contributed by atoms with Crippen LogP contribution >= 0.6 is 11.6 Å². The molecular formula is C21H22ClF2NO2. The number of hydrogen-bond acceptors (Lipinski definition) is 3. The molecule has 1 aliphatic rings. The van der Waals surface area contributed by atoms with Gasteiger partial charge in [0.15, 0.2) is 0 Å². The molecule has 2 atom stereocenters. The van der Waals surface area contributed by atoms with Gasteiger partial charge < -0.3 is 10.1 Å². The Kier molecular flexibility index (Phi) is 6.45. The zero-order valence-corrected chi connectivity index (χ0v) is 15.9. The summed E-state index contributed by atoms with van der Waals surface area (Å²) in [5.74, 6) is -1.53. The molecule has 0 aromatic heterocycles. The van der Waals surface area contributed by atoms with E-state index in [-0.39, 0.29) is 41.8 Å². The second-order valence-electron chi connectivity index (χ2n) is 6.91. The van der Waals surface area contributed by atoms with Gasteiger partial charge in [0.25, 0.3) is 0 Å². The number of carbonyl (C=O) groups excluding carboxylic acids is 1. The number of ether oxygens (including phenoxy) is 1. The number of ketones is 1. The molecule has 0 radical (unpaired) electrons. The number of carbonyl (C=O) groups is 1. The van der Waals surface area contributed by atoms with E-state index in [1.807, 2.05) is 12.1 Å². The van der Waals surface area contributed by atoms with Crippen molar-refractivity contribution in [2.75, 3.05) is 20.2 Å². The highest BCUT2D eigenvalue weighted by Crippen LogP contribution is 2.37. The van der Waals surface area contributed by atoms with Crippen LogP contribution in [-0.4, -0.2) is 26.0 Å². The molecule has 0 bridgehead atoms. The van der Waals surface area contributed by atoms with Gasteiger partial charge in [-0.3, -0.25) is 4.79 Å². The Morgan fingerprint density at radius 3 is 2.52 bits per heavy atom. The maximum atomic E-state index is 14.5. The van der Waals surface area contributed by atoms with E-state index in [0.717, 1.165) is 5.56 Å². The second kappa shape index (κ2) is 8.81. The fraction of sp³-hybridized carbons (Fsp3) is 0.381. The lowest BCUT2D eigenvalue weighted by Gasteiger charge is -2.32. The first-order valence-corrected chi connectivity index (χ1v) is 9.35. The van der Waals surface area contributed by atoms with Gasteiger partial charge in [0.05, 0.1) is 7.11 Å². The molecule has 1 saturated heterocycles. The molecule has 2 aromatic rings. The number of nitrogens with one attached hydrogen (secondary N) is 1. The van der Waals surface area contributed by atoms with Gasteiger partial charge in [-0.1, -0.05) is 23.7 Å². The summed E-state index contributed by atoms with van der Waals surface area (Å²) in [6, 6.07) is 9.54. The minimum Gasteiger partial charge on any atom is -0.497 e. The summed E-state index contributed by atoms with van der Waals surface area (Å²) in [7, 11) is 1.37. The quantitative estimate of drug-likeness (QED) is 0.784. The van der Waals surface area contributed by atoms with Gasteiger partial charge in [0.1, 0.15) is 23.2 Å². The number of hydrogen-bond donors (Lipinski definition) is 1. The second-order valence-corrected chi connectivity index (χ2v) is 7.35. The minimum absolute atomic E-state index is 0.0466. The molecule has 1 aliphatic heterocycles. The van der Waals surface area contributed by atoms with Gasteiger partial charge in [-0.2, -0.15) is 0 Å². The molecule has 27 heavy (non-hydrogen) atoms. The standard InChI is InChI=1S/C21H22ClF2NO2/c1-27-17-10-19(23)21(20(24)11-17)18-6-7-25-12-14(18)9-16(26)8-13-2-4-15(22)5-3-13/h2-5,10-11,14,18,25H,6-9,12H2,1H3. The maximum Gasteiger partial charge on any atom is 0.137 e. The molecule has 0 amide bonds. The number of piperidine rings is 1. The summed E-state index contributed by atoms with van der Waals surface area (Å²) in [6.07, 6.45) is 1.14. The molecule has 0 spiro atoms. The van der Waals surface area contributed by atoms with Crippen molar-refractivity contribution < 1.29 is 18.3 Å². The van der Waals surface area contributed by atoms with Crippen LogP contribution in [0.25, 0.3) is 0 Å². The van der Waals surface area contributed by atoms with E-state index < -0.39 is 11.6 Å². The number of benzene rings is 2. The molecule has 1 N–H and O–H groups in total. The Balaban J connectivity index is 1.76. The zero-order valence-electron chi connectivity index (χ0n) is 15.1. The van der Waals surface area contributed by atoms with Crippen LogP contribution in [0.3, 0.4) is 0 Å². The first-order chi connectivity index (χ1) is 13.0. The third-order valence-corrected chi connectivity index (χ3v) is 5.32. The summed E-state index contributed by atoms with van der Waals surface area (Å²) >= 11 is 5.87. The number of rotatable bonds is 6. The van der Waals surface area contributed by atoms with Crippen molar-refractivity contribution in [1.29, 1.82) is 0 Å². The van der Waals surface area contributed by atoms with Gasteiger partial charge in [-0.15, -0.1) is 0 Å². The lowest BCUT2D eigenvalue weighted by atomic mass is 9.77. The Bertz CT molecular complexity index is 787. The molecule has 3 nitrogen and oxygen atoms in total. The topological polar surface area (TPSA) is 38.3 Å². The van der Waals surface area contributed by atoms with Crippen LogP contribution in [-0.2, 0) is 11.2 Å². The van der Waals surface area contributed by atoms with Gasteiger partial charge in [0, 0.05) is 35.6 Å². The van der Waals surface area contributed by atoms with Crippen LogP contribution in [0.2, 0.25) is 5.02 Å². The summed E-state index contributed by atoms with van der Waals surface area (Å²) < 4.78 is 34.0. The van der Waals surface area contributed by atoms with Gasteiger partial charge >= 0.3 is 0 Å². The molecule has 1 heterocycles. The first-order valence-electron chi connectivity index (χ1n) is 8.97. The van der Waals surface area contributed by atoms with Crippen molar-refractivity contribution in [2.45, 2.75) is 25.2 Å². The fourth-order valence-electron chi connectivity index (χ4n) is 3.75. The van der Waals surface area contributed by atoms with Gasteiger partial charge in [0.2, 0.25) is 0 Å². The summed E-state index contributed by atoms with van der Waals surface area (Å²) in [6.45, 7) is 1.22. The Hall–Kier alpha value is -1.98. The van der Waals surface area contributed by atoms with Crippen molar-refractivity contribution in [3.05, 3.63) is 64.2 Å². The van der Waals surface area contributed by atoms with Crippen molar-refractivity contribution in [2.24, 2.45) is 5.92 Å². The molecule has 1 fully saturated rings. The van der Waals surface area contributed by atoms with Gasteiger partial charge in [-0.25, -0.2) is 8.78 Å². The van der Waals surface area contributed by atoms with Crippen LogP contribution in [0.15, 0.2) is 36.4 Å². The van der Waals surface area contributed by atoms with E-state index in [1.54, 1.807) is 12.1 Å². The van der Waals surface area contributed by atoms with Crippen LogP contribution in [0.4, 0.5) is 8.78 Å². The van der Waals surface area contributed by atoms with Gasteiger partial charge in [-0.05, 0) is 49.0 Å². The highest BCUT2D eigenvalue weighted by molar-refractivity contribution is 6.30. The SMILES string of the molecule is COc1cc(F)c(C2CCNCC2CC(=O)Cc2ccc(Cl)cc2)c(F)c1. The normalized spacial score (nSPS) is 19.7. The average Bonchev–Trinajstić information content (AvgIpc) is 2.64. The predicted octanol–water partition coefficient (Wildman–Crippen LogP) is 4.52. The van der Waals surface area contributed by atoms with E-state index in [1.165, 1.54) is 19.2 Å². The molecule has 144 valence electrons. The predicted molar refractivity (Wildman–Crippen MR) is 101 cm³/mol. The molecule has 0 aliphatic carbocycles. The highest BCUT2D eigenvalue weighted by atomic mass is 35.5. The van der Waals surface area contributed by atoms with Crippen molar-refractivity contribution in [1.82, 2.24) is 5.32 Å². The first kappa shape index (κ1) is 19.8. The van der Waals surface area contributed by atoms with Crippen LogP contribution in [0.5, 0.6) is 5.75 Å². The monoisotopic (exact) mass is 393 g/mol. The lowest BCUT2D eigenvalue weighted by molar-refractivity contribution is -0.119. The summed E-state index contributed by atoms with van der Waals surface area (Å²) in [5, 5.41) is 3.85. The highest BCUT2D eigenvalue weighted by Gasteiger charge is 2.32. The smallest absolute Gasteiger partial charge is 0.137 e. The van der Waals surface area contributed by atoms with Crippen LogP contribution < -0.4 is 10.1 Å². The van der Waals surface area contributed by atoms with Crippen molar-refractivity contribution >= 4 is 17.4 Å². The summed E-state index contributed by atoms with van der Waals surface area (Å²) in [4.78, 5) is 12.5. The van der Waals surface area contributed by atoms with E-state index in [4.69, 9.17) is 16.3 Å². The Morgan fingerprint density at radius 1 is 1.22 bits per heavy atom. The molecule has 6 heteroatoms. The van der Waals surface area contributed by atoms with E-state index in [0.29, 0.717) is 24.5 Å². The molecule has 3 rings (SSSR count). The van der Waals surface area contributed by atoms with Crippen LogP contribution in [0.1, 0.15) is 29.9 Å². The molecular weight excluding hydrogens is 372 g/mol. The third-order valence-electron chi connectivity index (χ3n) is 5.07. The fourth-order valence-corrected chi connectivity index (χ4v) is 3.87. The average molecular weight is 394 g/mol. The maximum absolute atomic E-state index is 14.5. The third kappa shape index (κ3) is 4.85. The minimum atomic E-state index is -0.617. The Morgan fingerprint density at radius 2 is 1.89 bits per heavy atom. The molecule has 2 unspecified atom stereocenters. The number of methoxy groups -OCH3 is 1. The largest absolute Gasteiger partial charge is 0.497 e. The van der Waals surface area contributed by atoms with E-state index in [2.05, 4.69) is 5.32 Å². The number of Topliss-reactive ketones (excluding diaryl/α,β-unsaturated/α-hetero) is 1. The van der Waals surface area contributed by atoms with E-state index >= 15 is 0 Å². The van der Waals surface area contributed by atoms with Crippen molar-refractivity contribution in [3.8, 4) is 5.75 Å². The molecule has 2 aromatic carbocycles. The lowest BCUT2D eigenvalue weighted by Crippen LogP contribution is -2.37. The Labute approximate surface area is 162 Å². The number of halogens is 3. The van der Waals surface area contributed by atoms with Crippen LogP contribution in [0, 0.1) is 17.6 Å². The molecule has 0 saturated carbocycles.